The first kappa shape index (κ1) is 13.7. The first-order valence-corrected chi connectivity index (χ1v) is 7.02. The average Bonchev–Trinajstić information content (AvgIpc) is 3.13. The van der Waals surface area contributed by atoms with E-state index in [9.17, 15) is 0 Å². The molecule has 1 atom stereocenters. The number of aromatic nitrogens is 2. The quantitative estimate of drug-likeness (QED) is 0.756. The van der Waals surface area contributed by atoms with Crippen molar-refractivity contribution < 1.29 is 9.15 Å². The molecule has 0 radical (unpaired) electrons. The van der Waals surface area contributed by atoms with Crippen LogP contribution in [0.4, 0.5) is 0 Å². The standard InChI is InChI=1S/C16H19N3O2/c1-12(11-19-8-4-7-18-19)17-10-14-9-13-5-3-6-15(20-2)16(13)21-14/h3-9,12,17H,10-11H2,1-2H3/t12-/m0/s1. The van der Waals surface area contributed by atoms with E-state index in [1.54, 1.807) is 13.3 Å². The van der Waals surface area contributed by atoms with Crippen molar-refractivity contribution in [1.29, 1.82) is 0 Å². The summed E-state index contributed by atoms with van der Waals surface area (Å²) >= 11 is 0. The molecule has 0 aliphatic heterocycles. The summed E-state index contributed by atoms with van der Waals surface area (Å²) in [5.41, 5.74) is 0.802. The molecule has 5 nitrogen and oxygen atoms in total. The summed E-state index contributed by atoms with van der Waals surface area (Å²) in [6, 6.07) is 10.2. The molecule has 3 rings (SSSR count). The van der Waals surface area contributed by atoms with Crippen molar-refractivity contribution >= 4 is 11.0 Å². The van der Waals surface area contributed by atoms with E-state index in [1.807, 2.05) is 41.2 Å². The second-order valence-electron chi connectivity index (χ2n) is 5.10. The van der Waals surface area contributed by atoms with Gasteiger partial charge in [0.15, 0.2) is 11.3 Å². The molecule has 0 spiro atoms. The van der Waals surface area contributed by atoms with E-state index >= 15 is 0 Å². The molecule has 0 aliphatic rings. The number of hydrogen-bond acceptors (Lipinski definition) is 4. The summed E-state index contributed by atoms with van der Waals surface area (Å²) in [5.74, 6) is 1.67. The van der Waals surface area contributed by atoms with Crippen LogP contribution in [-0.2, 0) is 13.1 Å². The molecule has 21 heavy (non-hydrogen) atoms. The second kappa shape index (κ2) is 6.01. The Morgan fingerprint density at radius 3 is 3.05 bits per heavy atom. The van der Waals surface area contributed by atoms with Crippen LogP contribution in [0.25, 0.3) is 11.0 Å². The molecular formula is C16H19N3O2. The fourth-order valence-electron chi connectivity index (χ4n) is 2.37. The molecule has 0 fully saturated rings. The number of furan rings is 1. The molecule has 1 aromatic carbocycles. The van der Waals surface area contributed by atoms with Gasteiger partial charge >= 0.3 is 0 Å². The van der Waals surface area contributed by atoms with Crippen LogP contribution in [0.15, 0.2) is 47.1 Å². The molecule has 2 heterocycles. The first-order chi connectivity index (χ1) is 10.3. The Hall–Kier alpha value is -2.27. The Labute approximate surface area is 123 Å². The molecule has 1 N–H and O–H groups in total. The van der Waals surface area contributed by atoms with Gasteiger partial charge in [0, 0.05) is 23.8 Å². The van der Waals surface area contributed by atoms with Crippen LogP contribution in [0.2, 0.25) is 0 Å². The highest BCUT2D eigenvalue weighted by Gasteiger charge is 2.09. The van der Waals surface area contributed by atoms with Gasteiger partial charge in [0.2, 0.25) is 0 Å². The van der Waals surface area contributed by atoms with Crippen molar-refractivity contribution in [2.45, 2.75) is 26.1 Å². The molecule has 5 heteroatoms. The predicted molar refractivity (Wildman–Crippen MR) is 81.3 cm³/mol. The SMILES string of the molecule is COc1cccc2cc(CN[C@@H](C)Cn3cccn3)oc12. The predicted octanol–water partition coefficient (Wildman–Crippen LogP) is 2.82. The number of methoxy groups -OCH3 is 1. The number of nitrogens with one attached hydrogen (secondary N) is 1. The highest BCUT2D eigenvalue weighted by Crippen LogP contribution is 2.28. The average molecular weight is 285 g/mol. The van der Waals surface area contributed by atoms with Crippen molar-refractivity contribution in [2.75, 3.05) is 7.11 Å². The lowest BCUT2D eigenvalue weighted by molar-refractivity contribution is 0.399. The van der Waals surface area contributed by atoms with Crippen LogP contribution in [-0.4, -0.2) is 22.9 Å². The van der Waals surface area contributed by atoms with Gasteiger partial charge in [-0.3, -0.25) is 4.68 Å². The summed E-state index contributed by atoms with van der Waals surface area (Å²) in [6.07, 6.45) is 3.75. The van der Waals surface area contributed by atoms with Crippen molar-refractivity contribution in [3.8, 4) is 5.75 Å². The number of ether oxygens (including phenoxy) is 1. The molecule has 0 saturated heterocycles. The lowest BCUT2D eigenvalue weighted by Gasteiger charge is -2.12. The van der Waals surface area contributed by atoms with Gasteiger partial charge in [0.1, 0.15) is 5.76 Å². The van der Waals surface area contributed by atoms with Gasteiger partial charge in [0.05, 0.1) is 20.2 Å². The van der Waals surface area contributed by atoms with E-state index in [1.165, 1.54) is 0 Å². The first-order valence-electron chi connectivity index (χ1n) is 7.02. The van der Waals surface area contributed by atoms with Gasteiger partial charge in [-0.2, -0.15) is 5.10 Å². The van der Waals surface area contributed by atoms with E-state index in [-0.39, 0.29) is 0 Å². The number of hydrogen-bond donors (Lipinski definition) is 1. The van der Waals surface area contributed by atoms with E-state index < -0.39 is 0 Å². The number of rotatable bonds is 6. The minimum Gasteiger partial charge on any atom is -0.493 e. The third kappa shape index (κ3) is 3.08. The fraction of sp³-hybridized carbons (Fsp3) is 0.312. The third-order valence-electron chi connectivity index (χ3n) is 3.42. The summed E-state index contributed by atoms with van der Waals surface area (Å²) in [6.45, 7) is 3.64. The van der Waals surface area contributed by atoms with E-state index in [0.29, 0.717) is 12.6 Å². The Bertz CT molecular complexity index is 703. The highest BCUT2D eigenvalue weighted by molar-refractivity contribution is 5.83. The topological polar surface area (TPSA) is 52.2 Å². The molecule has 0 aliphatic carbocycles. The van der Waals surface area contributed by atoms with Crippen LogP contribution in [0.5, 0.6) is 5.75 Å². The van der Waals surface area contributed by atoms with Gasteiger partial charge < -0.3 is 14.5 Å². The molecule has 110 valence electrons. The van der Waals surface area contributed by atoms with Gasteiger partial charge in [0.25, 0.3) is 0 Å². The molecule has 2 aromatic heterocycles. The smallest absolute Gasteiger partial charge is 0.176 e. The minimum absolute atomic E-state index is 0.306. The van der Waals surface area contributed by atoms with Crippen LogP contribution in [0.1, 0.15) is 12.7 Å². The maximum Gasteiger partial charge on any atom is 0.176 e. The van der Waals surface area contributed by atoms with Crippen LogP contribution < -0.4 is 10.1 Å². The van der Waals surface area contributed by atoms with Crippen LogP contribution >= 0.6 is 0 Å². The zero-order chi connectivity index (χ0) is 14.7. The Kier molecular flexibility index (Phi) is 3.92. The Morgan fingerprint density at radius 1 is 1.38 bits per heavy atom. The lowest BCUT2D eigenvalue weighted by Crippen LogP contribution is -2.29. The molecular weight excluding hydrogens is 266 g/mol. The Balaban J connectivity index is 1.65. The monoisotopic (exact) mass is 285 g/mol. The highest BCUT2D eigenvalue weighted by atomic mass is 16.5. The number of benzene rings is 1. The van der Waals surface area contributed by atoms with Gasteiger partial charge in [-0.05, 0) is 25.1 Å². The van der Waals surface area contributed by atoms with Gasteiger partial charge in [-0.15, -0.1) is 0 Å². The number of nitrogens with zero attached hydrogens (tertiary/aromatic N) is 2. The summed E-state index contributed by atoms with van der Waals surface area (Å²) in [4.78, 5) is 0. The summed E-state index contributed by atoms with van der Waals surface area (Å²) < 4.78 is 13.1. The molecule has 0 unspecified atom stereocenters. The van der Waals surface area contributed by atoms with Gasteiger partial charge in [-0.25, -0.2) is 0 Å². The molecule has 3 aromatic rings. The van der Waals surface area contributed by atoms with Crippen molar-refractivity contribution in [1.82, 2.24) is 15.1 Å². The largest absolute Gasteiger partial charge is 0.493 e. The van der Waals surface area contributed by atoms with Crippen molar-refractivity contribution in [2.24, 2.45) is 0 Å². The number of fused-ring (bicyclic) bond motifs is 1. The van der Waals surface area contributed by atoms with Crippen molar-refractivity contribution in [3.63, 3.8) is 0 Å². The lowest BCUT2D eigenvalue weighted by atomic mass is 10.2. The Morgan fingerprint density at radius 2 is 2.29 bits per heavy atom. The third-order valence-corrected chi connectivity index (χ3v) is 3.42. The zero-order valence-electron chi connectivity index (χ0n) is 12.2. The minimum atomic E-state index is 0.306. The summed E-state index contributed by atoms with van der Waals surface area (Å²) in [7, 11) is 1.65. The van der Waals surface area contributed by atoms with E-state index in [0.717, 1.165) is 29.0 Å². The van der Waals surface area contributed by atoms with Crippen LogP contribution in [0, 0.1) is 0 Å². The maximum atomic E-state index is 5.87. The summed E-state index contributed by atoms with van der Waals surface area (Å²) in [5, 5.41) is 8.71. The molecule has 0 bridgehead atoms. The molecule has 0 saturated carbocycles. The second-order valence-corrected chi connectivity index (χ2v) is 5.10. The zero-order valence-corrected chi connectivity index (χ0v) is 12.2. The van der Waals surface area contributed by atoms with E-state index in [2.05, 4.69) is 17.3 Å². The van der Waals surface area contributed by atoms with Crippen LogP contribution in [0.3, 0.4) is 0 Å². The van der Waals surface area contributed by atoms with Gasteiger partial charge in [-0.1, -0.05) is 12.1 Å². The number of para-hydroxylation sites is 1. The normalized spacial score (nSPS) is 12.7. The molecule has 0 amide bonds. The van der Waals surface area contributed by atoms with Crippen molar-refractivity contribution in [3.05, 3.63) is 48.5 Å². The van der Waals surface area contributed by atoms with E-state index in [4.69, 9.17) is 9.15 Å². The fourth-order valence-corrected chi connectivity index (χ4v) is 2.37. The maximum absolute atomic E-state index is 5.87.